The molecule has 1 aliphatic rings. The van der Waals surface area contributed by atoms with Gasteiger partial charge in [-0.05, 0) is 80.5 Å². The minimum absolute atomic E-state index is 0.0321. The van der Waals surface area contributed by atoms with Crippen molar-refractivity contribution in [2.75, 3.05) is 38.1 Å². The van der Waals surface area contributed by atoms with E-state index in [9.17, 15) is 14.7 Å². The molecule has 0 radical (unpaired) electrons. The fraction of sp³-hybridized carbons (Fsp3) is 0.406. The van der Waals surface area contributed by atoms with Gasteiger partial charge in [-0.2, -0.15) is 0 Å². The van der Waals surface area contributed by atoms with E-state index >= 15 is 0 Å². The third kappa shape index (κ3) is 10.1. The number of unbranched alkanes of at least 4 members (excludes halogenated alkanes) is 1. The number of carbonyl (C=O) groups excluding carboxylic acids is 1. The van der Waals surface area contributed by atoms with Gasteiger partial charge < -0.3 is 20.5 Å². The molecular formula is C32H39ClN4O4. The summed E-state index contributed by atoms with van der Waals surface area (Å²) in [6, 6.07) is 20.0. The van der Waals surface area contributed by atoms with Crippen LogP contribution >= 0.6 is 11.6 Å². The SMILES string of the molecule is O=C(Cc1ccccc1Cl)N[C@@H](CCN(CCCCc1ccc2c(n1)NCCC2)CCOc1ccccc1)C(=O)O. The average molecular weight is 579 g/mol. The first kappa shape index (κ1) is 30.3. The molecule has 0 unspecified atom stereocenters. The Hall–Kier alpha value is -3.62. The number of halogens is 1. The third-order valence-corrected chi connectivity index (χ3v) is 7.57. The molecule has 0 saturated heterocycles. The first-order chi connectivity index (χ1) is 20.0. The molecule has 1 aromatic heterocycles. The normalized spacial score (nSPS) is 13.2. The molecule has 0 aliphatic carbocycles. The number of carboxylic acids is 1. The summed E-state index contributed by atoms with van der Waals surface area (Å²) in [6.45, 7) is 3.42. The summed E-state index contributed by atoms with van der Waals surface area (Å²) in [5, 5.41) is 16.4. The topological polar surface area (TPSA) is 104 Å². The van der Waals surface area contributed by atoms with Crippen molar-refractivity contribution in [2.45, 2.75) is 51.0 Å². The van der Waals surface area contributed by atoms with Crippen LogP contribution in [0, 0.1) is 0 Å². The molecule has 8 nitrogen and oxygen atoms in total. The van der Waals surface area contributed by atoms with E-state index in [-0.39, 0.29) is 18.7 Å². The van der Waals surface area contributed by atoms with Crippen LogP contribution in [0.3, 0.4) is 0 Å². The van der Waals surface area contributed by atoms with Gasteiger partial charge >= 0.3 is 5.97 Å². The number of ether oxygens (including phenoxy) is 1. The van der Waals surface area contributed by atoms with Crippen LogP contribution in [0.15, 0.2) is 66.7 Å². The van der Waals surface area contributed by atoms with Crippen LogP contribution in [0.2, 0.25) is 5.02 Å². The van der Waals surface area contributed by atoms with Crippen molar-refractivity contribution in [2.24, 2.45) is 0 Å². The summed E-state index contributed by atoms with van der Waals surface area (Å²) in [7, 11) is 0. The molecule has 1 amide bonds. The number of nitrogens with one attached hydrogen (secondary N) is 2. The van der Waals surface area contributed by atoms with Gasteiger partial charge in [0, 0.05) is 30.4 Å². The maximum atomic E-state index is 12.6. The standard InChI is InChI=1S/C32H39ClN4O4/c33-28-14-5-4-9-25(28)23-30(38)36-29(32(39)40)17-20-37(21-22-41-27-12-2-1-3-13-27)19-7-6-11-26-16-15-24-10-8-18-34-31(24)35-26/h1-5,9,12-16,29H,6-8,10-11,17-23H2,(H,34,35)(H,36,38)(H,39,40)/t29-/m0/s1. The molecule has 3 N–H and O–H groups in total. The van der Waals surface area contributed by atoms with Crippen LogP contribution in [0.5, 0.6) is 5.75 Å². The Morgan fingerprint density at radius 3 is 2.63 bits per heavy atom. The van der Waals surface area contributed by atoms with E-state index in [2.05, 4.69) is 27.7 Å². The molecule has 0 spiro atoms. The Morgan fingerprint density at radius 2 is 1.83 bits per heavy atom. The number of hydrogen-bond acceptors (Lipinski definition) is 6. The monoisotopic (exact) mass is 578 g/mol. The van der Waals surface area contributed by atoms with Gasteiger partial charge in [0.15, 0.2) is 0 Å². The van der Waals surface area contributed by atoms with E-state index in [0.29, 0.717) is 30.3 Å². The number of anilines is 1. The second-order valence-electron chi connectivity index (χ2n) is 10.3. The van der Waals surface area contributed by atoms with Crippen molar-refractivity contribution < 1.29 is 19.4 Å². The lowest BCUT2D eigenvalue weighted by Gasteiger charge is -2.24. The number of rotatable bonds is 16. The second-order valence-corrected chi connectivity index (χ2v) is 10.7. The zero-order valence-electron chi connectivity index (χ0n) is 23.4. The van der Waals surface area contributed by atoms with Gasteiger partial charge in [0.2, 0.25) is 5.91 Å². The molecule has 218 valence electrons. The minimum Gasteiger partial charge on any atom is -0.492 e. The fourth-order valence-corrected chi connectivity index (χ4v) is 5.13. The molecule has 1 atom stereocenters. The average Bonchev–Trinajstić information content (AvgIpc) is 2.98. The summed E-state index contributed by atoms with van der Waals surface area (Å²) in [5.74, 6) is 0.404. The van der Waals surface area contributed by atoms with Gasteiger partial charge in [-0.25, -0.2) is 9.78 Å². The van der Waals surface area contributed by atoms with Crippen molar-refractivity contribution in [1.29, 1.82) is 0 Å². The second kappa shape index (κ2) is 16.0. The summed E-state index contributed by atoms with van der Waals surface area (Å²) < 4.78 is 5.90. The fourth-order valence-electron chi connectivity index (χ4n) is 4.92. The highest BCUT2D eigenvalue weighted by Gasteiger charge is 2.21. The number of carbonyl (C=O) groups is 2. The Bertz CT molecular complexity index is 1270. The van der Waals surface area contributed by atoms with E-state index in [0.717, 1.165) is 62.5 Å². The highest BCUT2D eigenvalue weighted by atomic mass is 35.5. The predicted molar refractivity (Wildman–Crippen MR) is 162 cm³/mol. The molecule has 2 aromatic carbocycles. The number of nitrogens with zero attached hydrogens (tertiary/aromatic N) is 2. The van der Waals surface area contributed by atoms with Gasteiger partial charge in [-0.1, -0.05) is 54.1 Å². The summed E-state index contributed by atoms with van der Waals surface area (Å²) in [6.07, 6.45) is 5.34. The van der Waals surface area contributed by atoms with Gasteiger partial charge in [0.1, 0.15) is 24.2 Å². The number of aromatic nitrogens is 1. The predicted octanol–water partition coefficient (Wildman–Crippen LogP) is 5.00. The maximum absolute atomic E-state index is 12.6. The summed E-state index contributed by atoms with van der Waals surface area (Å²) in [4.78, 5) is 31.6. The lowest BCUT2D eigenvalue weighted by Crippen LogP contribution is -2.44. The smallest absolute Gasteiger partial charge is 0.326 e. The van der Waals surface area contributed by atoms with E-state index in [1.807, 2.05) is 30.3 Å². The first-order valence-electron chi connectivity index (χ1n) is 14.4. The number of amides is 1. The molecule has 41 heavy (non-hydrogen) atoms. The lowest BCUT2D eigenvalue weighted by atomic mass is 10.1. The van der Waals surface area contributed by atoms with Crippen LogP contribution in [0.4, 0.5) is 5.82 Å². The van der Waals surface area contributed by atoms with Crippen LogP contribution < -0.4 is 15.4 Å². The van der Waals surface area contributed by atoms with Gasteiger partial charge in [0.05, 0.1) is 6.42 Å². The van der Waals surface area contributed by atoms with Gasteiger partial charge in [-0.3, -0.25) is 9.69 Å². The molecular weight excluding hydrogens is 540 g/mol. The van der Waals surface area contributed by atoms with Crippen molar-refractivity contribution in [3.63, 3.8) is 0 Å². The van der Waals surface area contributed by atoms with Gasteiger partial charge in [0.25, 0.3) is 0 Å². The van der Waals surface area contributed by atoms with Crippen molar-refractivity contribution in [1.82, 2.24) is 15.2 Å². The number of hydrogen-bond donors (Lipinski definition) is 3. The van der Waals surface area contributed by atoms with E-state index in [4.69, 9.17) is 21.3 Å². The van der Waals surface area contributed by atoms with E-state index < -0.39 is 12.0 Å². The number of benzene rings is 2. The van der Waals surface area contributed by atoms with Crippen LogP contribution in [0.25, 0.3) is 0 Å². The minimum atomic E-state index is -1.05. The van der Waals surface area contributed by atoms with Crippen molar-refractivity contribution in [3.05, 3.63) is 88.6 Å². The summed E-state index contributed by atoms with van der Waals surface area (Å²) >= 11 is 6.17. The molecule has 9 heteroatoms. The highest BCUT2D eigenvalue weighted by molar-refractivity contribution is 6.31. The number of pyridine rings is 1. The Labute approximate surface area is 247 Å². The maximum Gasteiger partial charge on any atom is 0.326 e. The van der Waals surface area contributed by atoms with Gasteiger partial charge in [-0.15, -0.1) is 0 Å². The zero-order chi connectivity index (χ0) is 28.9. The number of para-hydroxylation sites is 1. The Morgan fingerprint density at radius 1 is 1.02 bits per heavy atom. The highest BCUT2D eigenvalue weighted by Crippen LogP contribution is 2.20. The molecule has 2 heterocycles. The lowest BCUT2D eigenvalue weighted by molar-refractivity contribution is -0.142. The number of carboxylic acid groups (broad SMARTS) is 1. The van der Waals surface area contributed by atoms with Crippen LogP contribution in [-0.2, 0) is 28.9 Å². The largest absolute Gasteiger partial charge is 0.492 e. The third-order valence-electron chi connectivity index (χ3n) is 7.20. The summed E-state index contributed by atoms with van der Waals surface area (Å²) in [5.41, 5.74) is 3.04. The Balaban J connectivity index is 1.28. The molecule has 3 aromatic rings. The zero-order valence-corrected chi connectivity index (χ0v) is 24.1. The number of fused-ring (bicyclic) bond motifs is 1. The molecule has 4 rings (SSSR count). The van der Waals surface area contributed by atoms with Crippen LogP contribution in [-0.4, -0.2) is 65.7 Å². The number of aliphatic carboxylic acids is 1. The molecule has 0 bridgehead atoms. The van der Waals surface area contributed by atoms with Crippen molar-refractivity contribution in [3.8, 4) is 5.75 Å². The van der Waals surface area contributed by atoms with E-state index in [1.54, 1.807) is 24.3 Å². The molecule has 1 aliphatic heterocycles. The number of aryl methyl sites for hydroxylation is 2. The van der Waals surface area contributed by atoms with Crippen molar-refractivity contribution >= 4 is 29.3 Å². The quantitative estimate of drug-likeness (QED) is 0.206. The van der Waals surface area contributed by atoms with E-state index in [1.165, 1.54) is 5.56 Å². The first-order valence-corrected chi connectivity index (χ1v) is 14.7. The van der Waals surface area contributed by atoms with Crippen LogP contribution in [0.1, 0.15) is 42.5 Å². The molecule has 0 saturated carbocycles. The Kier molecular flexibility index (Phi) is 11.8. The molecule has 0 fully saturated rings.